The van der Waals surface area contributed by atoms with Gasteiger partial charge in [-0.2, -0.15) is 0 Å². The van der Waals surface area contributed by atoms with E-state index in [1.54, 1.807) is 19.1 Å². The average molecular weight is 495 g/mol. The largest absolute Gasteiger partial charge is 0.507 e. The normalized spacial score (nSPS) is 17.4. The van der Waals surface area contributed by atoms with Crippen LogP contribution in [0.3, 0.4) is 0 Å². The molecule has 0 spiro atoms. The first kappa shape index (κ1) is 23.7. The van der Waals surface area contributed by atoms with Crippen molar-refractivity contribution in [3.05, 3.63) is 47.0 Å². The predicted molar refractivity (Wildman–Crippen MR) is 113 cm³/mol. The van der Waals surface area contributed by atoms with E-state index in [0.717, 1.165) is 18.2 Å². The summed E-state index contributed by atoms with van der Waals surface area (Å²) >= 11 is 6.00. The summed E-state index contributed by atoms with van der Waals surface area (Å²) in [6.45, 7) is 1.62. The number of sulfonamides is 2. The molecule has 3 N–H and O–H groups in total. The van der Waals surface area contributed by atoms with Crippen LogP contribution in [-0.4, -0.2) is 33.9 Å². The lowest BCUT2D eigenvalue weighted by atomic mass is 9.93. The predicted octanol–water partition coefficient (Wildman–Crippen LogP) is 4.01. The Bertz CT molecular complexity index is 1190. The minimum absolute atomic E-state index is 0.0689. The molecule has 0 heterocycles. The van der Waals surface area contributed by atoms with Gasteiger partial charge >= 0.3 is 0 Å². The summed E-state index contributed by atoms with van der Waals surface area (Å²) in [7, 11) is -8.57. The SMILES string of the molecule is Cc1c(Cl)cccc1NS(=O)(=O)c1ccc(O)c(S(=O)(=O)NC2CCC(F)(F)CC2)c1. The second-order valence-corrected chi connectivity index (χ2v) is 11.2. The minimum atomic E-state index is -4.36. The Labute approximate surface area is 184 Å². The second-order valence-electron chi connectivity index (χ2n) is 7.40. The number of anilines is 1. The fraction of sp³-hybridized carbons (Fsp3) is 0.368. The van der Waals surface area contributed by atoms with E-state index >= 15 is 0 Å². The number of aromatic hydroxyl groups is 1. The Morgan fingerprint density at radius 1 is 1.06 bits per heavy atom. The number of halogens is 3. The minimum Gasteiger partial charge on any atom is -0.507 e. The van der Waals surface area contributed by atoms with Crippen molar-refractivity contribution in [1.82, 2.24) is 4.72 Å². The fourth-order valence-corrected chi connectivity index (χ4v) is 6.06. The van der Waals surface area contributed by atoms with Crippen molar-refractivity contribution in [1.29, 1.82) is 0 Å². The lowest BCUT2D eigenvalue weighted by Gasteiger charge is -2.28. The summed E-state index contributed by atoms with van der Waals surface area (Å²) in [4.78, 5) is -1.06. The lowest BCUT2D eigenvalue weighted by Crippen LogP contribution is -2.40. The molecule has 1 aliphatic rings. The van der Waals surface area contributed by atoms with Gasteiger partial charge in [0.2, 0.25) is 15.9 Å². The number of nitrogens with one attached hydrogen (secondary N) is 2. The number of benzene rings is 2. The van der Waals surface area contributed by atoms with Gasteiger partial charge in [0, 0.05) is 23.9 Å². The van der Waals surface area contributed by atoms with Crippen LogP contribution in [0.1, 0.15) is 31.2 Å². The molecule has 0 unspecified atom stereocenters. The molecule has 1 aliphatic carbocycles. The Kier molecular flexibility index (Phi) is 6.52. The van der Waals surface area contributed by atoms with Gasteiger partial charge < -0.3 is 5.11 Å². The van der Waals surface area contributed by atoms with E-state index in [9.17, 15) is 30.7 Å². The van der Waals surface area contributed by atoms with Gasteiger partial charge in [-0.3, -0.25) is 4.72 Å². The van der Waals surface area contributed by atoms with Gasteiger partial charge in [-0.15, -0.1) is 0 Å². The van der Waals surface area contributed by atoms with Crippen LogP contribution < -0.4 is 9.44 Å². The summed E-state index contributed by atoms with van der Waals surface area (Å²) in [5.41, 5.74) is 0.696. The molecule has 31 heavy (non-hydrogen) atoms. The zero-order valence-corrected chi connectivity index (χ0v) is 18.8. The molecule has 7 nitrogen and oxygen atoms in total. The first-order chi connectivity index (χ1) is 14.3. The van der Waals surface area contributed by atoms with Crippen molar-refractivity contribution in [2.45, 2.75) is 54.4 Å². The molecule has 3 rings (SSSR count). The van der Waals surface area contributed by atoms with Crippen LogP contribution in [0.4, 0.5) is 14.5 Å². The van der Waals surface area contributed by atoms with Gasteiger partial charge in [0.25, 0.3) is 10.0 Å². The highest BCUT2D eigenvalue weighted by atomic mass is 35.5. The maximum atomic E-state index is 13.3. The molecular formula is C19H21ClF2N2O5S2. The van der Waals surface area contributed by atoms with E-state index in [-0.39, 0.29) is 18.5 Å². The quantitative estimate of drug-likeness (QED) is 0.561. The Morgan fingerprint density at radius 2 is 1.71 bits per heavy atom. The molecule has 2 aromatic carbocycles. The molecule has 0 bridgehead atoms. The van der Waals surface area contributed by atoms with E-state index in [2.05, 4.69) is 9.44 Å². The molecule has 12 heteroatoms. The zero-order valence-electron chi connectivity index (χ0n) is 16.4. The summed E-state index contributed by atoms with van der Waals surface area (Å²) in [5.74, 6) is -3.49. The van der Waals surface area contributed by atoms with Crippen molar-refractivity contribution in [3.63, 3.8) is 0 Å². The van der Waals surface area contributed by atoms with Crippen LogP contribution in [0.25, 0.3) is 0 Å². The van der Waals surface area contributed by atoms with Crippen LogP contribution in [0.5, 0.6) is 5.75 Å². The molecule has 0 aromatic heterocycles. The number of phenols is 1. The Hall–Kier alpha value is -1.95. The number of hydrogen-bond acceptors (Lipinski definition) is 5. The van der Waals surface area contributed by atoms with E-state index in [1.165, 1.54) is 6.07 Å². The van der Waals surface area contributed by atoms with Crippen molar-refractivity contribution in [3.8, 4) is 5.75 Å². The zero-order chi connectivity index (χ0) is 23.0. The molecular weight excluding hydrogens is 474 g/mol. The molecule has 170 valence electrons. The van der Waals surface area contributed by atoms with Crippen molar-refractivity contribution < 1.29 is 30.7 Å². The monoisotopic (exact) mass is 494 g/mol. The second kappa shape index (κ2) is 8.53. The summed E-state index contributed by atoms with van der Waals surface area (Å²) < 4.78 is 82.3. The summed E-state index contributed by atoms with van der Waals surface area (Å²) in [6.07, 6.45) is -1.05. The highest BCUT2D eigenvalue weighted by molar-refractivity contribution is 7.93. The van der Waals surface area contributed by atoms with Gasteiger partial charge in [0.1, 0.15) is 10.6 Å². The van der Waals surface area contributed by atoms with E-state index in [0.29, 0.717) is 10.6 Å². The van der Waals surface area contributed by atoms with Gasteiger partial charge in [-0.25, -0.2) is 30.3 Å². The molecule has 2 aromatic rings. The molecule has 0 radical (unpaired) electrons. The smallest absolute Gasteiger partial charge is 0.261 e. The average Bonchev–Trinajstić information content (AvgIpc) is 2.67. The van der Waals surface area contributed by atoms with Crippen molar-refractivity contribution in [2.24, 2.45) is 0 Å². The number of hydrogen-bond donors (Lipinski definition) is 3. The third kappa shape index (κ3) is 5.46. The fourth-order valence-electron chi connectivity index (χ4n) is 3.24. The lowest BCUT2D eigenvalue weighted by molar-refractivity contribution is -0.0387. The van der Waals surface area contributed by atoms with Crippen LogP contribution in [0.15, 0.2) is 46.2 Å². The van der Waals surface area contributed by atoms with Crippen molar-refractivity contribution in [2.75, 3.05) is 4.72 Å². The van der Waals surface area contributed by atoms with Crippen LogP contribution >= 0.6 is 11.6 Å². The van der Waals surface area contributed by atoms with Gasteiger partial charge in [0.15, 0.2) is 0 Å². The molecule has 1 fully saturated rings. The Balaban J connectivity index is 1.88. The summed E-state index contributed by atoms with van der Waals surface area (Å²) in [6, 6.07) is 6.72. The van der Waals surface area contributed by atoms with Crippen LogP contribution in [-0.2, 0) is 20.0 Å². The first-order valence-electron chi connectivity index (χ1n) is 9.32. The highest BCUT2D eigenvalue weighted by Crippen LogP contribution is 2.34. The molecule has 0 amide bonds. The van der Waals surface area contributed by atoms with Gasteiger partial charge in [0.05, 0.1) is 10.6 Å². The Morgan fingerprint density at radius 3 is 2.35 bits per heavy atom. The molecule has 0 saturated heterocycles. The number of phenolic OH excluding ortho intramolecular Hbond substituents is 1. The maximum Gasteiger partial charge on any atom is 0.261 e. The van der Waals surface area contributed by atoms with E-state index < -0.39 is 60.4 Å². The van der Waals surface area contributed by atoms with Crippen LogP contribution in [0, 0.1) is 6.92 Å². The number of rotatable bonds is 6. The molecule has 0 aliphatic heterocycles. The highest BCUT2D eigenvalue weighted by Gasteiger charge is 2.37. The third-order valence-electron chi connectivity index (χ3n) is 5.08. The van der Waals surface area contributed by atoms with E-state index in [4.69, 9.17) is 11.6 Å². The van der Waals surface area contributed by atoms with Crippen LogP contribution in [0.2, 0.25) is 5.02 Å². The first-order valence-corrected chi connectivity index (χ1v) is 12.7. The topological polar surface area (TPSA) is 113 Å². The molecule has 0 atom stereocenters. The third-order valence-corrected chi connectivity index (χ3v) is 8.40. The maximum absolute atomic E-state index is 13.3. The number of alkyl halides is 2. The van der Waals surface area contributed by atoms with Gasteiger partial charge in [-0.1, -0.05) is 17.7 Å². The summed E-state index contributed by atoms with van der Waals surface area (Å²) in [5, 5.41) is 10.4. The van der Waals surface area contributed by atoms with Crippen molar-refractivity contribution >= 4 is 37.3 Å². The molecule has 1 saturated carbocycles. The van der Waals surface area contributed by atoms with Gasteiger partial charge in [-0.05, 0) is 55.7 Å². The van der Waals surface area contributed by atoms with E-state index in [1.807, 2.05) is 0 Å². The standard InChI is InChI=1S/C19H21ClF2N2O5S2/c1-12-15(20)3-2-4-16(12)24-30(26,27)14-5-6-17(25)18(11-14)31(28,29)23-13-7-9-19(21,22)10-8-13/h2-6,11,13,23-25H,7-10H2,1H3.